The van der Waals surface area contributed by atoms with Gasteiger partial charge in [0.25, 0.3) is 5.91 Å². The van der Waals surface area contributed by atoms with Crippen LogP contribution in [0, 0.1) is 12.8 Å². The highest BCUT2D eigenvalue weighted by Crippen LogP contribution is 2.37. The standard InChI is InChI=1S/C32H35F3N6O4/c1-19(2)30(43)37-23-7-5-6-22(16-23)26(18-42)39-12-14-40(15-13-39)31(44)25-17-36-41-28(32(33,34)35)20(3)27(38-29(25)41)21-8-10-24(45-4)11-9-21/h5-11,16-17,19,26,42H,12-15,18H2,1-4H3,(H,37,43)/t26-/m1/s1. The first-order valence-electron chi connectivity index (χ1n) is 14.6. The Hall–Kier alpha value is -4.49. The van der Waals surface area contributed by atoms with Gasteiger partial charge in [0.05, 0.1) is 31.6 Å². The average molecular weight is 625 g/mol. The first-order chi connectivity index (χ1) is 21.4. The van der Waals surface area contributed by atoms with Crippen LogP contribution in [0.5, 0.6) is 5.75 Å². The quantitative estimate of drug-likeness (QED) is 0.289. The van der Waals surface area contributed by atoms with Crippen LogP contribution in [-0.2, 0) is 11.0 Å². The number of carbonyl (C=O) groups is 2. The number of alkyl halides is 3. The molecule has 2 amide bonds. The maximum absolute atomic E-state index is 14.3. The molecule has 238 valence electrons. The van der Waals surface area contributed by atoms with Gasteiger partial charge in [-0.3, -0.25) is 14.5 Å². The summed E-state index contributed by atoms with van der Waals surface area (Å²) in [5.74, 6) is -0.235. The van der Waals surface area contributed by atoms with E-state index in [-0.39, 0.29) is 60.0 Å². The zero-order chi connectivity index (χ0) is 32.5. The largest absolute Gasteiger partial charge is 0.497 e. The summed E-state index contributed by atoms with van der Waals surface area (Å²) >= 11 is 0. The van der Waals surface area contributed by atoms with E-state index >= 15 is 0 Å². The molecule has 0 unspecified atom stereocenters. The second kappa shape index (κ2) is 12.9. The molecule has 2 aromatic carbocycles. The number of aromatic nitrogens is 3. The highest BCUT2D eigenvalue weighted by Gasteiger charge is 2.39. The fraction of sp³-hybridized carbons (Fsp3) is 0.375. The number of ether oxygens (including phenoxy) is 1. The van der Waals surface area contributed by atoms with Gasteiger partial charge in [-0.25, -0.2) is 9.50 Å². The third kappa shape index (κ3) is 6.50. The summed E-state index contributed by atoms with van der Waals surface area (Å²) < 4.78 is 48.8. The molecular formula is C32H35F3N6O4. The Morgan fingerprint density at radius 3 is 2.36 bits per heavy atom. The van der Waals surface area contributed by atoms with Crippen LogP contribution in [0.4, 0.5) is 18.9 Å². The number of benzene rings is 2. The Morgan fingerprint density at radius 2 is 1.76 bits per heavy atom. The number of piperazine rings is 1. The summed E-state index contributed by atoms with van der Waals surface area (Å²) in [6, 6.07) is 13.4. The van der Waals surface area contributed by atoms with Gasteiger partial charge in [0, 0.05) is 48.9 Å². The van der Waals surface area contributed by atoms with Gasteiger partial charge in [-0.1, -0.05) is 26.0 Å². The van der Waals surface area contributed by atoms with E-state index in [1.165, 1.54) is 14.0 Å². The summed E-state index contributed by atoms with van der Waals surface area (Å²) in [6.07, 6.45) is -3.62. The molecule has 2 aromatic heterocycles. The summed E-state index contributed by atoms with van der Waals surface area (Å²) in [5.41, 5.74) is 0.648. The van der Waals surface area contributed by atoms with Gasteiger partial charge in [-0.15, -0.1) is 0 Å². The number of fused-ring (bicyclic) bond motifs is 1. The third-order valence-electron chi connectivity index (χ3n) is 8.02. The lowest BCUT2D eigenvalue weighted by atomic mass is 10.0. The highest BCUT2D eigenvalue weighted by molar-refractivity contribution is 6.00. The number of amides is 2. The molecule has 0 saturated carbocycles. The number of nitrogens with zero attached hydrogens (tertiary/aromatic N) is 5. The van der Waals surface area contributed by atoms with E-state index in [0.29, 0.717) is 34.6 Å². The van der Waals surface area contributed by atoms with Crippen molar-refractivity contribution in [3.05, 3.63) is 77.1 Å². The zero-order valence-corrected chi connectivity index (χ0v) is 25.4. The Kier molecular flexibility index (Phi) is 9.12. The Labute approximate surface area is 258 Å². The molecular weight excluding hydrogens is 589 g/mol. The summed E-state index contributed by atoms with van der Waals surface area (Å²) in [4.78, 5) is 34.0. The topological polar surface area (TPSA) is 112 Å². The molecule has 13 heteroatoms. The molecule has 0 radical (unpaired) electrons. The van der Waals surface area contributed by atoms with Crippen molar-refractivity contribution in [2.45, 2.75) is 33.0 Å². The van der Waals surface area contributed by atoms with Crippen molar-refractivity contribution in [3.8, 4) is 17.0 Å². The van der Waals surface area contributed by atoms with Gasteiger partial charge >= 0.3 is 6.18 Å². The molecule has 0 aliphatic carbocycles. The maximum Gasteiger partial charge on any atom is 0.433 e. The van der Waals surface area contributed by atoms with Crippen molar-refractivity contribution < 1.29 is 32.6 Å². The smallest absolute Gasteiger partial charge is 0.433 e. The molecule has 2 N–H and O–H groups in total. The molecule has 45 heavy (non-hydrogen) atoms. The van der Waals surface area contributed by atoms with E-state index in [0.717, 1.165) is 11.8 Å². The minimum Gasteiger partial charge on any atom is -0.497 e. The van der Waals surface area contributed by atoms with Crippen molar-refractivity contribution in [3.63, 3.8) is 0 Å². The molecule has 0 spiro atoms. The number of aliphatic hydroxyl groups is 1. The van der Waals surface area contributed by atoms with E-state index in [9.17, 15) is 27.9 Å². The number of rotatable bonds is 8. The molecule has 4 aromatic rings. The van der Waals surface area contributed by atoms with Crippen LogP contribution >= 0.6 is 0 Å². The predicted octanol–water partition coefficient (Wildman–Crippen LogP) is 4.82. The van der Waals surface area contributed by atoms with E-state index in [1.807, 2.05) is 23.1 Å². The number of nitrogens with one attached hydrogen (secondary N) is 1. The summed E-state index contributed by atoms with van der Waals surface area (Å²) in [6.45, 7) is 6.14. The number of anilines is 1. The average Bonchev–Trinajstić information content (AvgIpc) is 3.43. The van der Waals surface area contributed by atoms with Crippen molar-refractivity contribution in [1.82, 2.24) is 24.4 Å². The molecule has 1 fully saturated rings. The van der Waals surface area contributed by atoms with Gasteiger partial charge in [-0.05, 0) is 48.9 Å². The van der Waals surface area contributed by atoms with Crippen LogP contribution in [0.15, 0.2) is 54.7 Å². The Morgan fingerprint density at radius 1 is 1.07 bits per heavy atom. The zero-order valence-electron chi connectivity index (χ0n) is 25.4. The van der Waals surface area contributed by atoms with Crippen molar-refractivity contribution in [2.75, 3.05) is 45.2 Å². The second-order valence-electron chi connectivity index (χ2n) is 11.2. The monoisotopic (exact) mass is 624 g/mol. The van der Waals surface area contributed by atoms with Gasteiger partial charge in [0.15, 0.2) is 11.3 Å². The third-order valence-corrected chi connectivity index (χ3v) is 8.02. The van der Waals surface area contributed by atoms with Gasteiger partial charge in [0.2, 0.25) is 5.91 Å². The fourth-order valence-corrected chi connectivity index (χ4v) is 5.54. The van der Waals surface area contributed by atoms with E-state index < -0.39 is 17.8 Å². The van der Waals surface area contributed by atoms with Crippen molar-refractivity contribution in [1.29, 1.82) is 0 Å². The van der Waals surface area contributed by atoms with Crippen LogP contribution < -0.4 is 10.1 Å². The fourth-order valence-electron chi connectivity index (χ4n) is 5.54. The van der Waals surface area contributed by atoms with Gasteiger partial charge in [0.1, 0.15) is 11.3 Å². The van der Waals surface area contributed by atoms with Gasteiger partial charge < -0.3 is 20.1 Å². The number of hydrogen-bond acceptors (Lipinski definition) is 7. The van der Waals surface area contributed by atoms with E-state index in [2.05, 4.69) is 15.4 Å². The molecule has 1 atom stereocenters. The van der Waals surface area contributed by atoms with Gasteiger partial charge in [-0.2, -0.15) is 18.3 Å². The predicted molar refractivity (Wildman–Crippen MR) is 162 cm³/mol. The summed E-state index contributed by atoms with van der Waals surface area (Å²) in [5, 5.41) is 17.1. The van der Waals surface area contributed by atoms with Crippen LogP contribution in [0.1, 0.15) is 47.1 Å². The van der Waals surface area contributed by atoms with E-state index in [4.69, 9.17) is 4.74 Å². The second-order valence-corrected chi connectivity index (χ2v) is 11.2. The van der Waals surface area contributed by atoms with Crippen molar-refractivity contribution >= 4 is 23.1 Å². The first kappa shape index (κ1) is 31.9. The highest BCUT2D eigenvalue weighted by atomic mass is 19.4. The number of methoxy groups -OCH3 is 1. The Balaban J connectivity index is 1.39. The lowest BCUT2D eigenvalue weighted by Gasteiger charge is -2.38. The molecule has 1 aliphatic rings. The van der Waals surface area contributed by atoms with Crippen molar-refractivity contribution in [2.24, 2.45) is 5.92 Å². The first-order valence-corrected chi connectivity index (χ1v) is 14.6. The van der Waals surface area contributed by atoms with Crippen LogP contribution in [0.25, 0.3) is 16.9 Å². The van der Waals surface area contributed by atoms with E-state index in [1.54, 1.807) is 49.1 Å². The van der Waals surface area contributed by atoms with Crippen LogP contribution in [0.2, 0.25) is 0 Å². The molecule has 5 rings (SSSR count). The number of carbonyl (C=O) groups excluding carboxylic acids is 2. The normalized spacial score (nSPS) is 15.0. The molecule has 1 saturated heterocycles. The molecule has 3 heterocycles. The molecule has 10 nitrogen and oxygen atoms in total. The Bertz CT molecular complexity index is 1700. The lowest BCUT2D eigenvalue weighted by Crippen LogP contribution is -2.50. The number of aliphatic hydroxyl groups excluding tert-OH is 1. The lowest BCUT2D eigenvalue weighted by molar-refractivity contribution is -0.143. The SMILES string of the molecule is COc1ccc(-c2nc3c(C(=O)N4CCN([C@H](CO)c5cccc(NC(=O)C(C)C)c5)CC4)cnn3c(C(F)(F)F)c2C)cc1. The van der Waals surface area contributed by atoms with Crippen LogP contribution in [0.3, 0.4) is 0 Å². The number of halogens is 3. The van der Waals surface area contributed by atoms with Crippen LogP contribution in [-0.4, -0.2) is 81.2 Å². The number of hydrogen-bond donors (Lipinski definition) is 2. The molecule has 1 aliphatic heterocycles. The minimum atomic E-state index is -4.75. The minimum absolute atomic E-state index is 0.0315. The summed E-state index contributed by atoms with van der Waals surface area (Å²) in [7, 11) is 1.49. The maximum atomic E-state index is 14.3. The molecule has 0 bridgehead atoms.